The Morgan fingerprint density at radius 1 is 1.08 bits per heavy atom. The highest BCUT2D eigenvalue weighted by Crippen LogP contribution is 2.15. The smallest absolute Gasteiger partial charge is 0.0638 e. The molecule has 0 aliphatic carbocycles. The first kappa shape index (κ1) is 30.6. The van der Waals surface area contributed by atoms with E-state index in [0.717, 1.165) is 37.8 Å². The molecule has 1 fully saturated rings. The fraction of sp³-hybridized carbons (Fsp3) is 1.00. The molecule has 1 heterocycles. The van der Waals surface area contributed by atoms with Crippen molar-refractivity contribution in [1.29, 1.82) is 0 Å². The van der Waals surface area contributed by atoms with Gasteiger partial charge in [0, 0.05) is 6.61 Å². The van der Waals surface area contributed by atoms with Gasteiger partial charge < -0.3 is 15.4 Å². The molecule has 0 unspecified atom stereocenters. The first-order valence-corrected chi connectivity index (χ1v) is 11.3. The summed E-state index contributed by atoms with van der Waals surface area (Å²) >= 11 is 0. The molecule has 0 bridgehead atoms. The van der Waals surface area contributed by atoms with E-state index in [0.29, 0.717) is 0 Å². The molecule has 1 aliphatic heterocycles. The monoisotopic (exact) mass is 374 g/mol. The molecule has 1 saturated heterocycles. The zero-order valence-corrected chi connectivity index (χ0v) is 20.1. The van der Waals surface area contributed by atoms with Crippen LogP contribution in [0.3, 0.4) is 0 Å². The highest BCUT2D eigenvalue weighted by molar-refractivity contribution is 4.69. The summed E-state index contributed by atoms with van der Waals surface area (Å²) in [7, 11) is 1.98. The SMILES string of the molecule is CC.CCC.CCC1CCNCC1.CNCCC(C)(C)OCCC(C)C. The fourth-order valence-electron chi connectivity index (χ4n) is 2.36. The minimum Gasteiger partial charge on any atom is -0.376 e. The summed E-state index contributed by atoms with van der Waals surface area (Å²) in [4.78, 5) is 0. The van der Waals surface area contributed by atoms with Crippen molar-refractivity contribution in [2.75, 3.05) is 33.3 Å². The van der Waals surface area contributed by atoms with Gasteiger partial charge in [0.15, 0.2) is 0 Å². The minimum absolute atomic E-state index is 0.0257. The van der Waals surface area contributed by atoms with E-state index >= 15 is 0 Å². The van der Waals surface area contributed by atoms with Gasteiger partial charge in [0.25, 0.3) is 0 Å². The molecule has 2 N–H and O–H groups in total. The van der Waals surface area contributed by atoms with E-state index in [9.17, 15) is 0 Å². The minimum atomic E-state index is 0.0257. The van der Waals surface area contributed by atoms with Crippen molar-refractivity contribution >= 4 is 0 Å². The van der Waals surface area contributed by atoms with Crippen molar-refractivity contribution in [2.45, 2.75) is 106 Å². The van der Waals surface area contributed by atoms with Crippen LogP contribution in [0.5, 0.6) is 0 Å². The topological polar surface area (TPSA) is 33.3 Å². The van der Waals surface area contributed by atoms with Crippen molar-refractivity contribution in [1.82, 2.24) is 10.6 Å². The van der Waals surface area contributed by atoms with Crippen LogP contribution >= 0.6 is 0 Å². The summed E-state index contributed by atoms with van der Waals surface area (Å²) in [6.45, 7) is 23.7. The van der Waals surface area contributed by atoms with Gasteiger partial charge in [-0.3, -0.25) is 0 Å². The van der Waals surface area contributed by atoms with E-state index in [1.54, 1.807) is 0 Å². The van der Waals surface area contributed by atoms with Crippen molar-refractivity contribution in [2.24, 2.45) is 11.8 Å². The first-order valence-electron chi connectivity index (χ1n) is 11.3. The number of ether oxygens (including phenoxy) is 1. The molecule has 0 aromatic carbocycles. The van der Waals surface area contributed by atoms with Crippen LogP contribution in [0.15, 0.2) is 0 Å². The molecule has 1 aliphatic rings. The van der Waals surface area contributed by atoms with Crippen molar-refractivity contribution in [3.05, 3.63) is 0 Å². The predicted octanol–water partition coefficient (Wildman–Crippen LogP) is 6.28. The van der Waals surface area contributed by atoms with Crippen molar-refractivity contribution < 1.29 is 4.74 Å². The second-order valence-corrected chi connectivity index (χ2v) is 7.95. The summed E-state index contributed by atoms with van der Waals surface area (Å²) in [5.74, 6) is 1.76. The highest BCUT2D eigenvalue weighted by atomic mass is 16.5. The Balaban J connectivity index is -0.000000344. The molecule has 0 saturated carbocycles. The summed E-state index contributed by atoms with van der Waals surface area (Å²) in [5, 5.41) is 6.49. The van der Waals surface area contributed by atoms with Gasteiger partial charge in [-0.1, -0.05) is 61.3 Å². The maximum absolute atomic E-state index is 5.80. The normalized spacial score (nSPS) is 14.4. The number of hydrogen-bond donors (Lipinski definition) is 2. The maximum atomic E-state index is 5.80. The Bertz CT molecular complexity index is 236. The van der Waals surface area contributed by atoms with Crippen LogP contribution in [-0.2, 0) is 4.74 Å². The van der Waals surface area contributed by atoms with Crippen LogP contribution in [0, 0.1) is 11.8 Å². The van der Waals surface area contributed by atoms with Crippen molar-refractivity contribution in [3.8, 4) is 0 Å². The van der Waals surface area contributed by atoms with Gasteiger partial charge in [-0.2, -0.15) is 0 Å². The van der Waals surface area contributed by atoms with Gasteiger partial charge in [0.2, 0.25) is 0 Å². The lowest BCUT2D eigenvalue weighted by Crippen LogP contribution is -2.29. The lowest BCUT2D eigenvalue weighted by molar-refractivity contribution is -0.0269. The number of nitrogens with one attached hydrogen (secondary N) is 2. The molecule has 3 nitrogen and oxygen atoms in total. The number of hydrogen-bond acceptors (Lipinski definition) is 3. The standard InChI is InChI=1S/C11H25NO.C7H15N.C3H8.C2H6/c1-10(2)6-9-13-11(3,4)7-8-12-5;1-2-7-3-5-8-6-4-7;1-3-2;1-2/h10,12H,6-9H2,1-5H3;7-8H,2-6H2,1H3;3H2,1-2H3;1-2H3. The van der Waals surface area contributed by atoms with Crippen LogP contribution in [-0.4, -0.2) is 38.9 Å². The second-order valence-electron chi connectivity index (χ2n) is 7.95. The van der Waals surface area contributed by atoms with Crippen LogP contribution in [0.4, 0.5) is 0 Å². The van der Waals surface area contributed by atoms with Crippen LogP contribution in [0.1, 0.15) is 101 Å². The largest absolute Gasteiger partial charge is 0.376 e. The van der Waals surface area contributed by atoms with Gasteiger partial charge in [0.1, 0.15) is 0 Å². The molecule has 0 atom stereocenters. The van der Waals surface area contributed by atoms with E-state index in [-0.39, 0.29) is 5.60 Å². The summed E-state index contributed by atoms with van der Waals surface area (Å²) in [6.07, 6.45) is 7.65. The van der Waals surface area contributed by atoms with Gasteiger partial charge in [-0.15, -0.1) is 0 Å². The fourth-order valence-corrected chi connectivity index (χ4v) is 2.36. The molecule has 0 aromatic rings. The van der Waals surface area contributed by atoms with Gasteiger partial charge >= 0.3 is 0 Å². The van der Waals surface area contributed by atoms with E-state index in [2.05, 4.69) is 59.1 Å². The summed E-state index contributed by atoms with van der Waals surface area (Å²) < 4.78 is 5.80. The number of piperidine rings is 1. The molecule has 0 spiro atoms. The summed E-state index contributed by atoms with van der Waals surface area (Å²) in [6, 6.07) is 0. The van der Waals surface area contributed by atoms with E-state index in [1.165, 1.54) is 38.8 Å². The predicted molar refractivity (Wildman–Crippen MR) is 121 cm³/mol. The Labute approximate surface area is 167 Å². The molecule has 1 rings (SSSR count). The number of rotatable bonds is 8. The van der Waals surface area contributed by atoms with Gasteiger partial charge in [0.05, 0.1) is 5.60 Å². The first-order chi connectivity index (χ1) is 12.3. The lowest BCUT2D eigenvalue weighted by Gasteiger charge is -2.25. The van der Waals surface area contributed by atoms with Crippen molar-refractivity contribution in [3.63, 3.8) is 0 Å². The molecule has 0 amide bonds. The zero-order chi connectivity index (χ0) is 20.8. The molecular formula is C23H54N2O. The Hall–Kier alpha value is -0.120. The average Bonchev–Trinajstić information content (AvgIpc) is 2.63. The highest BCUT2D eigenvalue weighted by Gasteiger charge is 2.17. The van der Waals surface area contributed by atoms with Crippen LogP contribution in [0.25, 0.3) is 0 Å². The van der Waals surface area contributed by atoms with Gasteiger partial charge in [-0.25, -0.2) is 0 Å². The van der Waals surface area contributed by atoms with Crippen LogP contribution < -0.4 is 10.6 Å². The van der Waals surface area contributed by atoms with E-state index < -0.39 is 0 Å². The Kier molecular flexibility index (Phi) is 27.0. The molecular weight excluding hydrogens is 320 g/mol. The third-order valence-electron chi connectivity index (χ3n) is 4.20. The Morgan fingerprint density at radius 3 is 1.92 bits per heavy atom. The quantitative estimate of drug-likeness (QED) is 0.525. The molecule has 26 heavy (non-hydrogen) atoms. The second kappa shape index (κ2) is 22.9. The van der Waals surface area contributed by atoms with E-state index in [1.807, 2.05) is 20.9 Å². The third-order valence-corrected chi connectivity index (χ3v) is 4.20. The maximum Gasteiger partial charge on any atom is 0.0638 e. The molecule has 3 heteroatoms. The average molecular weight is 375 g/mol. The third kappa shape index (κ3) is 26.1. The molecule has 162 valence electrons. The summed E-state index contributed by atoms with van der Waals surface area (Å²) in [5.41, 5.74) is 0.0257. The Morgan fingerprint density at radius 2 is 1.58 bits per heavy atom. The van der Waals surface area contributed by atoms with Gasteiger partial charge in [-0.05, 0) is 78.0 Å². The van der Waals surface area contributed by atoms with Crippen LogP contribution in [0.2, 0.25) is 0 Å². The zero-order valence-electron chi connectivity index (χ0n) is 20.1. The molecule has 0 radical (unpaired) electrons. The van der Waals surface area contributed by atoms with E-state index in [4.69, 9.17) is 4.74 Å². The lowest BCUT2D eigenvalue weighted by atomic mass is 9.96. The molecule has 0 aromatic heterocycles.